The molecule has 0 amide bonds. The number of aliphatic imine (C=N–C) groups is 1. The van der Waals surface area contributed by atoms with Crippen LogP contribution in [0.2, 0.25) is 0 Å². The lowest BCUT2D eigenvalue weighted by atomic mass is 10.3. The SMILES string of the molecule is CC(CCF)N=C=O. The van der Waals surface area contributed by atoms with Crippen LogP contribution in [0.15, 0.2) is 4.99 Å². The second-order valence-corrected chi connectivity index (χ2v) is 1.55. The maximum absolute atomic E-state index is 11.4. The topological polar surface area (TPSA) is 29.4 Å². The highest BCUT2D eigenvalue weighted by atomic mass is 19.1. The molecule has 0 aromatic heterocycles. The number of hydrogen-bond acceptors (Lipinski definition) is 2. The van der Waals surface area contributed by atoms with Gasteiger partial charge in [-0.05, 0) is 13.3 Å². The highest BCUT2D eigenvalue weighted by molar-refractivity contribution is 5.33. The second-order valence-electron chi connectivity index (χ2n) is 1.55. The van der Waals surface area contributed by atoms with Gasteiger partial charge in [0.15, 0.2) is 0 Å². The highest BCUT2D eigenvalue weighted by Gasteiger charge is 1.94. The molecule has 0 saturated carbocycles. The van der Waals surface area contributed by atoms with Crippen LogP contribution in [0.5, 0.6) is 0 Å². The zero-order chi connectivity index (χ0) is 6.41. The van der Waals surface area contributed by atoms with Crippen LogP contribution in [0.1, 0.15) is 13.3 Å². The average Bonchev–Trinajstić information content (AvgIpc) is 1.68. The molecule has 0 aliphatic rings. The first-order valence-corrected chi connectivity index (χ1v) is 2.44. The fraction of sp³-hybridized carbons (Fsp3) is 0.800. The van der Waals surface area contributed by atoms with Gasteiger partial charge in [-0.25, -0.2) is 9.79 Å². The van der Waals surface area contributed by atoms with Gasteiger partial charge < -0.3 is 0 Å². The lowest BCUT2D eigenvalue weighted by molar-refractivity contribution is 0.446. The number of isocyanates is 1. The number of hydrogen-bond donors (Lipinski definition) is 0. The van der Waals surface area contributed by atoms with E-state index in [1.807, 2.05) is 0 Å². The molecule has 0 spiro atoms. The van der Waals surface area contributed by atoms with E-state index in [9.17, 15) is 9.18 Å². The van der Waals surface area contributed by atoms with E-state index >= 15 is 0 Å². The van der Waals surface area contributed by atoms with Gasteiger partial charge in [-0.15, -0.1) is 0 Å². The van der Waals surface area contributed by atoms with Crippen molar-refractivity contribution in [2.75, 3.05) is 6.67 Å². The summed E-state index contributed by atoms with van der Waals surface area (Å²) in [7, 11) is 0. The monoisotopic (exact) mass is 117 g/mol. The Kier molecular flexibility index (Phi) is 4.08. The first-order chi connectivity index (χ1) is 3.81. The van der Waals surface area contributed by atoms with Crippen molar-refractivity contribution >= 4 is 6.08 Å². The first kappa shape index (κ1) is 7.31. The molecule has 0 aliphatic heterocycles. The fourth-order valence-corrected chi connectivity index (χ4v) is 0.312. The molecule has 0 aromatic rings. The van der Waals surface area contributed by atoms with Crippen LogP contribution in [0.3, 0.4) is 0 Å². The van der Waals surface area contributed by atoms with Gasteiger partial charge in [-0.3, -0.25) is 4.39 Å². The average molecular weight is 117 g/mol. The molecule has 8 heavy (non-hydrogen) atoms. The third-order valence-corrected chi connectivity index (χ3v) is 0.800. The Labute approximate surface area is 47.4 Å². The van der Waals surface area contributed by atoms with E-state index in [1.54, 1.807) is 6.92 Å². The molecule has 0 rings (SSSR count). The lowest BCUT2D eigenvalue weighted by Gasteiger charge is -1.94. The standard InChI is InChI=1S/C5H8FNO/c1-5(2-3-6)7-4-8/h5H,2-3H2,1H3. The largest absolute Gasteiger partial charge is 0.251 e. The summed E-state index contributed by atoms with van der Waals surface area (Å²) in [6.07, 6.45) is 1.68. The Morgan fingerprint density at radius 3 is 2.88 bits per heavy atom. The van der Waals surface area contributed by atoms with Crippen LogP contribution in [-0.4, -0.2) is 18.8 Å². The van der Waals surface area contributed by atoms with Crippen molar-refractivity contribution in [2.24, 2.45) is 4.99 Å². The predicted molar refractivity (Wildman–Crippen MR) is 28.2 cm³/mol. The van der Waals surface area contributed by atoms with Crippen molar-refractivity contribution in [2.45, 2.75) is 19.4 Å². The Morgan fingerprint density at radius 2 is 2.50 bits per heavy atom. The molecule has 46 valence electrons. The van der Waals surface area contributed by atoms with Gasteiger partial charge >= 0.3 is 0 Å². The van der Waals surface area contributed by atoms with Gasteiger partial charge in [0.2, 0.25) is 6.08 Å². The molecule has 0 N–H and O–H groups in total. The van der Waals surface area contributed by atoms with Crippen molar-refractivity contribution in [1.29, 1.82) is 0 Å². The van der Waals surface area contributed by atoms with Crippen LogP contribution in [0, 0.1) is 0 Å². The molecule has 0 heterocycles. The van der Waals surface area contributed by atoms with E-state index in [2.05, 4.69) is 4.99 Å². The molecular formula is C5H8FNO. The zero-order valence-electron chi connectivity index (χ0n) is 4.72. The number of halogens is 1. The van der Waals surface area contributed by atoms with Crippen molar-refractivity contribution in [3.05, 3.63) is 0 Å². The minimum absolute atomic E-state index is 0.211. The Morgan fingerprint density at radius 1 is 1.88 bits per heavy atom. The van der Waals surface area contributed by atoms with E-state index in [4.69, 9.17) is 0 Å². The molecule has 0 saturated heterocycles. The fourth-order valence-electron chi connectivity index (χ4n) is 0.312. The Balaban J connectivity index is 3.31. The maximum atomic E-state index is 11.4. The minimum Gasteiger partial charge on any atom is -0.251 e. The van der Waals surface area contributed by atoms with Gasteiger partial charge in [0.25, 0.3) is 0 Å². The van der Waals surface area contributed by atoms with Crippen LogP contribution in [0.4, 0.5) is 4.39 Å². The minimum atomic E-state index is -0.424. The smallest absolute Gasteiger partial charge is 0.235 e. The van der Waals surface area contributed by atoms with Gasteiger partial charge in [-0.1, -0.05) is 0 Å². The van der Waals surface area contributed by atoms with Crippen LogP contribution in [0.25, 0.3) is 0 Å². The molecule has 3 heteroatoms. The first-order valence-electron chi connectivity index (χ1n) is 2.44. The van der Waals surface area contributed by atoms with Crippen molar-refractivity contribution < 1.29 is 9.18 Å². The van der Waals surface area contributed by atoms with Gasteiger partial charge in [0.1, 0.15) is 0 Å². The van der Waals surface area contributed by atoms with E-state index < -0.39 is 6.67 Å². The molecule has 2 nitrogen and oxygen atoms in total. The lowest BCUT2D eigenvalue weighted by Crippen LogP contribution is -1.97. The van der Waals surface area contributed by atoms with E-state index in [1.165, 1.54) is 6.08 Å². The summed E-state index contributed by atoms with van der Waals surface area (Å²) >= 11 is 0. The highest BCUT2D eigenvalue weighted by Crippen LogP contribution is 1.93. The molecule has 0 aromatic carbocycles. The van der Waals surface area contributed by atoms with Crippen LogP contribution >= 0.6 is 0 Å². The van der Waals surface area contributed by atoms with Crippen molar-refractivity contribution in [3.63, 3.8) is 0 Å². The number of alkyl halides is 1. The molecule has 0 radical (unpaired) electrons. The van der Waals surface area contributed by atoms with E-state index in [0.717, 1.165) is 0 Å². The summed E-state index contributed by atoms with van der Waals surface area (Å²) < 4.78 is 11.4. The summed E-state index contributed by atoms with van der Waals surface area (Å²) in [6, 6.07) is -0.211. The summed E-state index contributed by atoms with van der Waals surface area (Å²) in [5.74, 6) is 0. The van der Waals surface area contributed by atoms with Gasteiger partial charge in [-0.2, -0.15) is 0 Å². The third kappa shape index (κ3) is 3.50. The summed E-state index contributed by atoms with van der Waals surface area (Å²) in [4.78, 5) is 12.7. The quantitative estimate of drug-likeness (QED) is 0.401. The molecule has 1 atom stereocenters. The molecule has 0 aliphatic carbocycles. The van der Waals surface area contributed by atoms with Crippen molar-refractivity contribution in [1.82, 2.24) is 0 Å². The second kappa shape index (κ2) is 4.47. The molecule has 1 unspecified atom stereocenters. The van der Waals surface area contributed by atoms with E-state index in [-0.39, 0.29) is 6.04 Å². The van der Waals surface area contributed by atoms with Crippen LogP contribution < -0.4 is 0 Å². The predicted octanol–water partition coefficient (Wildman–Crippen LogP) is 1.07. The normalized spacial score (nSPS) is 12.2. The zero-order valence-corrected chi connectivity index (χ0v) is 4.72. The number of nitrogens with zero attached hydrogens (tertiary/aromatic N) is 1. The Bertz CT molecular complexity index is 98.6. The third-order valence-electron chi connectivity index (χ3n) is 0.800. The summed E-state index contributed by atoms with van der Waals surface area (Å²) in [5, 5.41) is 0. The van der Waals surface area contributed by atoms with Crippen LogP contribution in [-0.2, 0) is 4.79 Å². The Hall–Kier alpha value is -0.690. The molecular weight excluding hydrogens is 109 g/mol. The van der Waals surface area contributed by atoms with Gasteiger partial charge in [0, 0.05) is 0 Å². The molecule has 0 bridgehead atoms. The summed E-state index contributed by atoms with van der Waals surface area (Å²) in [6.45, 7) is 1.25. The molecule has 0 fully saturated rings. The van der Waals surface area contributed by atoms with Gasteiger partial charge in [0.05, 0.1) is 12.7 Å². The number of carbonyl (C=O) groups excluding carboxylic acids is 1. The number of rotatable bonds is 3. The summed E-state index contributed by atoms with van der Waals surface area (Å²) in [5.41, 5.74) is 0. The van der Waals surface area contributed by atoms with E-state index in [0.29, 0.717) is 6.42 Å². The maximum Gasteiger partial charge on any atom is 0.235 e. The van der Waals surface area contributed by atoms with Crippen molar-refractivity contribution in [3.8, 4) is 0 Å².